The van der Waals surface area contributed by atoms with Gasteiger partial charge in [0.2, 0.25) is 0 Å². The van der Waals surface area contributed by atoms with Crippen LogP contribution in [0.15, 0.2) is 67.3 Å². The number of carbonyl (C=O) groups excluding carboxylic acids is 1. The van der Waals surface area contributed by atoms with Crippen molar-refractivity contribution in [3.05, 3.63) is 84.2 Å². The van der Waals surface area contributed by atoms with Gasteiger partial charge >= 0.3 is 5.97 Å². The minimum Gasteiger partial charge on any atom is -0.481 e. The van der Waals surface area contributed by atoms with Crippen LogP contribution in [0.5, 0.6) is 0 Å². The summed E-state index contributed by atoms with van der Waals surface area (Å²) in [5.74, 6) is -1.26. The molecule has 2 aromatic carbocycles. The van der Waals surface area contributed by atoms with Crippen molar-refractivity contribution in [2.75, 3.05) is 5.32 Å². The monoisotopic (exact) mass is 401 g/mol. The van der Waals surface area contributed by atoms with Crippen LogP contribution in [0.2, 0.25) is 0 Å². The van der Waals surface area contributed by atoms with E-state index in [4.69, 9.17) is 0 Å². The molecule has 0 saturated heterocycles. The number of hydrogen-bond acceptors (Lipinski definition) is 5. The Bertz CT molecular complexity index is 1200. The molecule has 2 N–H and O–H groups in total. The quantitative estimate of drug-likeness (QED) is 0.512. The molecule has 1 unspecified atom stereocenters. The maximum absolute atomic E-state index is 12.4. The Balaban J connectivity index is 1.63. The molecular weight excluding hydrogens is 382 g/mol. The molecule has 0 bridgehead atoms. The summed E-state index contributed by atoms with van der Waals surface area (Å²) in [5, 5.41) is 12.2. The molecule has 150 valence electrons. The predicted molar refractivity (Wildman–Crippen MR) is 111 cm³/mol. The number of aliphatic carboxylic acids is 1. The number of carbonyl (C=O) groups is 2. The second kappa shape index (κ2) is 8.12. The standard InChI is InChI=1S/C22H19N5O3/c1-14-11-24-18(12-23-14)22(30)26-16-7-8-19-17(9-16)25-13-27(19)20(10-21(28)29)15-5-3-2-4-6-15/h2-9,11-13,20H,10H2,1H3,(H,26,30)(H,28,29). The number of carboxylic acid groups (broad SMARTS) is 1. The first-order valence-electron chi connectivity index (χ1n) is 9.34. The van der Waals surface area contributed by atoms with Crippen LogP contribution in [0.1, 0.15) is 34.2 Å². The van der Waals surface area contributed by atoms with Crippen LogP contribution in [-0.4, -0.2) is 36.5 Å². The molecule has 8 nitrogen and oxygen atoms in total. The number of amides is 1. The van der Waals surface area contributed by atoms with Gasteiger partial charge in [-0.1, -0.05) is 30.3 Å². The van der Waals surface area contributed by atoms with E-state index in [-0.39, 0.29) is 18.0 Å². The predicted octanol–water partition coefficient (Wildman–Crippen LogP) is 3.45. The zero-order valence-electron chi connectivity index (χ0n) is 16.2. The molecule has 2 heterocycles. The molecule has 30 heavy (non-hydrogen) atoms. The largest absolute Gasteiger partial charge is 0.481 e. The van der Waals surface area contributed by atoms with Gasteiger partial charge in [-0.2, -0.15) is 0 Å². The number of nitrogens with one attached hydrogen (secondary N) is 1. The third kappa shape index (κ3) is 4.02. The Hall–Kier alpha value is -4.07. The molecule has 4 rings (SSSR count). The van der Waals surface area contributed by atoms with Crippen molar-refractivity contribution in [2.45, 2.75) is 19.4 Å². The van der Waals surface area contributed by atoms with E-state index >= 15 is 0 Å². The number of imidazole rings is 1. The van der Waals surface area contributed by atoms with Crippen molar-refractivity contribution < 1.29 is 14.7 Å². The summed E-state index contributed by atoms with van der Waals surface area (Å²) in [4.78, 5) is 36.4. The summed E-state index contributed by atoms with van der Waals surface area (Å²) in [6, 6.07) is 14.4. The molecule has 2 aromatic heterocycles. The number of anilines is 1. The molecule has 0 aliphatic heterocycles. The maximum atomic E-state index is 12.4. The Kier molecular flexibility index (Phi) is 5.21. The Morgan fingerprint density at radius 1 is 1.07 bits per heavy atom. The highest BCUT2D eigenvalue weighted by Gasteiger charge is 2.20. The van der Waals surface area contributed by atoms with Gasteiger partial charge in [-0.05, 0) is 30.7 Å². The number of rotatable bonds is 6. The lowest BCUT2D eigenvalue weighted by molar-refractivity contribution is -0.137. The molecule has 0 spiro atoms. The molecule has 0 aliphatic rings. The van der Waals surface area contributed by atoms with E-state index in [2.05, 4.69) is 20.3 Å². The lowest BCUT2D eigenvalue weighted by Crippen LogP contribution is -2.15. The Morgan fingerprint density at radius 3 is 2.57 bits per heavy atom. The first-order chi connectivity index (χ1) is 14.5. The summed E-state index contributed by atoms with van der Waals surface area (Å²) < 4.78 is 1.84. The highest BCUT2D eigenvalue weighted by Crippen LogP contribution is 2.28. The van der Waals surface area contributed by atoms with Gasteiger partial charge in [0.1, 0.15) is 5.69 Å². The maximum Gasteiger partial charge on any atom is 0.305 e. The molecule has 0 saturated carbocycles. The second-order valence-electron chi connectivity index (χ2n) is 6.88. The number of aromatic nitrogens is 4. The van der Waals surface area contributed by atoms with Crippen molar-refractivity contribution in [3.8, 4) is 0 Å². The summed E-state index contributed by atoms with van der Waals surface area (Å²) in [6.45, 7) is 1.80. The molecule has 1 atom stereocenters. The van der Waals surface area contributed by atoms with E-state index in [9.17, 15) is 14.7 Å². The Labute approximate surface area is 172 Å². The number of carboxylic acids is 1. The first-order valence-corrected chi connectivity index (χ1v) is 9.34. The van der Waals surface area contributed by atoms with Gasteiger partial charge in [0.05, 0.1) is 41.7 Å². The molecule has 8 heteroatoms. The van der Waals surface area contributed by atoms with Crippen molar-refractivity contribution in [1.29, 1.82) is 0 Å². The van der Waals surface area contributed by atoms with Crippen LogP contribution in [0, 0.1) is 6.92 Å². The van der Waals surface area contributed by atoms with Gasteiger partial charge in [0.15, 0.2) is 0 Å². The molecule has 0 radical (unpaired) electrons. The van der Waals surface area contributed by atoms with Gasteiger partial charge in [-0.15, -0.1) is 0 Å². The van der Waals surface area contributed by atoms with E-state index in [0.717, 1.165) is 16.8 Å². The highest BCUT2D eigenvalue weighted by atomic mass is 16.4. The van der Waals surface area contributed by atoms with Gasteiger partial charge in [-0.3, -0.25) is 14.6 Å². The fraction of sp³-hybridized carbons (Fsp3) is 0.136. The summed E-state index contributed by atoms with van der Waals surface area (Å²) in [5.41, 5.74) is 3.82. The first kappa shape index (κ1) is 19.3. The van der Waals surface area contributed by atoms with Crippen molar-refractivity contribution in [2.24, 2.45) is 0 Å². The molecular formula is C22H19N5O3. The molecule has 0 fully saturated rings. The SMILES string of the molecule is Cc1cnc(C(=O)Nc2ccc3c(c2)ncn3C(CC(=O)O)c2ccccc2)cn1. The van der Waals surface area contributed by atoms with Crippen LogP contribution in [0.4, 0.5) is 5.69 Å². The molecule has 0 aliphatic carbocycles. The van der Waals surface area contributed by atoms with Gasteiger partial charge in [0, 0.05) is 11.9 Å². The van der Waals surface area contributed by atoms with Crippen LogP contribution < -0.4 is 5.32 Å². The lowest BCUT2D eigenvalue weighted by atomic mass is 10.0. The van der Waals surface area contributed by atoms with Gasteiger partial charge in [0.25, 0.3) is 5.91 Å². The third-order valence-corrected chi connectivity index (χ3v) is 4.73. The van der Waals surface area contributed by atoms with Crippen LogP contribution in [-0.2, 0) is 4.79 Å². The van der Waals surface area contributed by atoms with Gasteiger partial charge < -0.3 is 15.0 Å². The Morgan fingerprint density at radius 2 is 1.87 bits per heavy atom. The van der Waals surface area contributed by atoms with Gasteiger partial charge in [-0.25, -0.2) is 9.97 Å². The molecule has 4 aromatic rings. The minimum atomic E-state index is -0.895. The lowest BCUT2D eigenvalue weighted by Gasteiger charge is -2.18. The summed E-state index contributed by atoms with van der Waals surface area (Å²) in [6.07, 6.45) is 4.52. The highest BCUT2D eigenvalue weighted by molar-refractivity contribution is 6.03. The smallest absolute Gasteiger partial charge is 0.305 e. The van der Waals surface area contributed by atoms with E-state index < -0.39 is 12.0 Å². The van der Waals surface area contributed by atoms with E-state index in [1.54, 1.807) is 25.4 Å². The fourth-order valence-electron chi connectivity index (χ4n) is 3.28. The average Bonchev–Trinajstić information content (AvgIpc) is 3.16. The van der Waals surface area contributed by atoms with Crippen LogP contribution >= 0.6 is 0 Å². The third-order valence-electron chi connectivity index (χ3n) is 4.73. The summed E-state index contributed by atoms with van der Waals surface area (Å²) in [7, 11) is 0. The topological polar surface area (TPSA) is 110 Å². The van der Waals surface area contributed by atoms with Crippen LogP contribution in [0.25, 0.3) is 11.0 Å². The zero-order valence-corrected chi connectivity index (χ0v) is 16.2. The zero-order chi connectivity index (χ0) is 21.1. The summed E-state index contributed by atoms with van der Waals surface area (Å²) >= 11 is 0. The van der Waals surface area contributed by atoms with Crippen molar-refractivity contribution >= 4 is 28.6 Å². The number of aryl methyl sites for hydroxylation is 1. The van der Waals surface area contributed by atoms with E-state index in [1.807, 2.05) is 41.0 Å². The number of nitrogens with zero attached hydrogens (tertiary/aromatic N) is 4. The fourth-order valence-corrected chi connectivity index (χ4v) is 3.28. The van der Waals surface area contributed by atoms with Crippen molar-refractivity contribution in [3.63, 3.8) is 0 Å². The number of fused-ring (bicyclic) bond motifs is 1. The second-order valence-corrected chi connectivity index (χ2v) is 6.88. The minimum absolute atomic E-state index is 0.0694. The van der Waals surface area contributed by atoms with Crippen molar-refractivity contribution in [1.82, 2.24) is 19.5 Å². The number of benzene rings is 2. The number of hydrogen-bond donors (Lipinski definition) is 2. The average molecular weight is 401 g/mol. The van der Waals surface area contributed by atoms with Crippen LogP contribution in [0.3, 0.4) is 0 Å². The van der Waals surface area contributed by atoms with E-state index in [0.29, 0.717) is 11.2 Å². The molecule has 1 amide bonds. The normalized spacial score (nSPS) is 11.9. The van der Waals surface area contributed by atoms with E-state index in [1.165, 1.54) is 12.4 Å².